The number of hydrogen-bond acceptors (Lipinski definition) is 6. The van der Waals surface area contributed by atoms with Crippen LogP contribution in [0.25, 0.3) is 5.65 Å². The van der Waals surface area contributed by atoms with E-state index in [0.29, 0.717) is 11.6 Å². The minimum atomic E-state index is 0.0696. The molecule has 7 nitrogen and oxygen atoms in total. The smallest absolute Gasteiger partial charge is 0.180 e. The van der Waals surface area contributed by atoms with Gasteiger partial charge in [-0.2, -0.15) is 0 Å². The van der Waals surface area contributed by atoms with Gasteiger partial charge in [0, 0.05) is 25.5 Å². The predicted molar refractivity (Wildman–Crippen MR) is 79.4 cm³/mol. The van der Waals surface area contributed by atoms with Crippen molar-refractivity contribution in [3.63, 3.8) is 0 Å². The van der Waals surface area contributed by atoms with Gasteiger partial charge in [-0.25, -0.2) is 15.8 Å². The first-order chi connectivity index (χ1) is 9.55. The number of nitrogens with one attached hydrogen (secondary N) is 2. The number of aliphatic hydroxyl groups excluding tert-OH is 1. The van der Waals surface area contributed by atoms with Crippen molar-refractivity contribution in [2.45, 2.75) is 26.7 Å². The molecule has 7 heteroatoms. The van der Waals surface area contributed by atoms with Gasteiger partial charge in [-0.15, -0.1) is 0 Å². The monoisotopic (exact) mass is 278 g/mol. The van der Waals surface area contributed by atoms with Crippen LogP contribution in [-0.2, 0) is 0 Å². The Morgan fingerprint density at radius 1 is 1.45 bits per heavy atom. The van der Waals surface area contributed by atoms with Crippen LogP contribution in [-0.4, -0.2) is 32.6 Å². The topological polar surface area (TPSA) is 100 Å². The van der Waals surface area contributed by atoms with Gasteiger partial charge >= 0.3 is 0 Å². The number of anilines is 2. The van der Waals surface area contributed by atoms with Crippen molar-refractivity contribution in [1.82, 2.24) is 14.4 Å². The molecular weight excluding hydrogens is 256 g/mol. The molecule has 2 aromatic heterocycles. The number of aromatic nitrogens is 3. The zero-order chi connectivity index (χ0) is 14.6. The lowest BCUT2D eigenvalue weighted by molar-refractivity contribution is 0.248. The lowest BCUT2D eigenvalue weighted by atomic mass is 9.88. The molecule has 2 rings (SSSR count). The van der Waals surface area contributed by atoms with Crippen molar-refractivity contribution in [2.24, 2.45) is 11.3 Å². The summed E-state index contributed by atoms with van der Waals surface area (Å²) in [5, 5.41) is 12.3. The fourth-order valence-corrected chi connectivity index (χ4v) is 2.09. The highest BCUT2D eigenvalue weighted by Crippen LogP contribution is 2.24. The number of aliphatic hydroxyl groups is 1. The molecule has 0 aliphatic heterocycles. The molecule has 0 radical (unpaired) electrons. The van der Waals surface area contributed by atoms with Gasteiger partial charge in [0.25, 0.3) is 0 Å². The highest BCUT2D eigenvalue weighted by molar-refractivity contribution is 5.65. The van der Waals surface area contributed by atoms with E-state index in [9.17, 15) is 0 Å². The van der Waals surface area contributed by atoms with Gasteiger partial charge in [0.1, 0.15) is 0 Å². The summed E-state index contributed by atoms with van der Waals surface area (Å²) in [4.78, 5) is 8.68. The second kappa shape index (κ2) is 6.06. The second-order valence-corrected chi connectivity index (χ2v) is 5.62. The van der Waals surface area contributed by atoms with Gasteiger partial charge in [-0.1, -0.05) is 13.8 Å². The predicted octanol–water partition coefficient (Wildman–Crippen LogP) is 1.23. The molecule has 2 aromatic rings. The SMILES string of the molecule is CC(C)(CCCO)CNc1nc(NN)cn2ccnc12. The van der Waals surface area contributed by atoms with E-state index in [-0.39, 0.29) is 12.0 Å². The highest BCUT2D eigenvalue weighted by Gasteiger charge is 2.18. The van der Waals surface area contributed by atoms with E-state index in [1.807, 2.05) is 10.6 Å². The van der Waals surface area contributed by atoms with Crippen molar-refractivity contribution in [3.8, 4) is 0 Å². The average molecular weight is 278 g/mol. The van der Waals surface area contributed by atoms with E-state index in [4.69, 9.17) is 10.9 Å². The summed E-state index contributed by atoms with van der Waals surface area (Å²) in [7, 11) is 0. The minimum absolute atomic E-state index is 0.0696. The van der Waals surface area contributed by atoms with Crippen molar-refractivity contribution in [3.05, 3.63) is 18.6 Å². The maximum Gasteiger partial charge on any atom is 0.180 e. The van der Waals surface area contributed by atoms with Crippen LogP contribution in [0.1, 0.15) is 26.7 Å². The molecule has 0 unspecified atom stereocenters. The summed E-state index contributed by atoms with van der Waals surface area (Å²) < 4.78 is 1.87. The van der Waals surface area contributed by atoms with E-state index in [2.05, 4.69) is 34.6 Å². The lowest BCUT2D eigenvalue weighted by Gasteiger charge is -2.25. The zero-order valence-corrected chi connectivity index (χ0v) is 11.9. The van der Waals surface area contributed by atoms with Crippen molar-refractivity contribution in [2.75, 3.05) is 23.9 Å². The zero-order valence-electron chi connectivity index (χ0n) is 11.9. The van der Waals surface area contributed by atoms with E-state index >= 15 is 0 Å². The molecule has 0 fully saturated rings. The lowest BCUT2D eigenvalue weighted by Crippen LogP contribution is -2.24. The Kier molecular flexibility index (Phi) is 4.41. The van der Waals surface area contributed by atoms with Crippen molar-refractivity contribution in [1.29, 1.82) is 0 Å². The normalized spacial score (nSPS) is 11.8. The van der Waals surface area contributed by atoms with Crippen molar-refractivity contribution < 1.29 is 5.11 Å². The van der Waals surface area contributed by atoms with Gasteiger partial charge in [0.15, 0.2) is 17.3 Å². The second-order valence-electron chi connectivity index (χ2n) is 5.62. The summed E-state index contributed by atoms with van der Waals surface area (Å²) in [5.41, 5.74) is 3.38. The molecule has 0 saturated heterocycles. The van der Waals surface area contributed by atoms with E-state index in [1.54, 1.807) is 12.4 Å². The molecule has 0 aromatic carbocycles. The third-order valence-electron chi connectivity index (χ3n) is 3.27. The van der Waals surface area contributed by atoms with Crippen LogP contribution in [0.2, 0.25) is 0 Å². The number of imidazole rings is 1. The first-order valence-electron chi connectivity index (χ1n) is 6.71. The van der Waals surface area contributed by atoms with Crippen LogP contribution < -0.4 is 16.6 Å². The van der Waals surface area contributed by atoms with Gasteiger partial charge in [-0.3, -0.25) is 0 Å². The fourth-order valence-electron chi connectivity index (χ4n) is 2.09. The van der Waals surface area contributed by atoms with E-state index < -0.39 is 0 Å². The Morgan fingerprint density at radius 2 is 2.25 bits per heavy atom. The molecule has 0 aliphatic rings. The molecule has 0 amide bonds. The van der Waals surface area contributed by atoms with Gasteiger partial charge in [-0.05, 0) is 18.3 Å². The minimum Gasteiger partial charge on any atom is -0.396 e. The quantitative estimate of drug-likeness (QED) is 0.449. The number of fused-ring (bicyclic) bond motifs is 1. The number of rotatable bonds is 7. The third-order valence-corrected chi connectivity index (χ3v) is 3.27. The third kappa shape index (κ3) is 3.37. The Hall–Kier alpha value is -1.86. The Labute approximate surface area is 118 Å². The van der Waals surface area contributed by atoms with Crippen LogP contribution in [0, 0.1) is 5.41 Å². The molecule has 0 spiro atoms. The summed E-state index contributed by atoms with van der Waals surface area (Å²) in [5.74, 6) is 6.70. The first-order valence-corrected chi connectivity index (χ1v) is 6.71. The molecule has 2 heterocycles. The number of nitrogens with two attached hydrogens (primary N) is 1. The van der Waals surface area contributed by atoms with Gasteiger partial charge in [0.05, 0.1) is 6.20 Å². The summed E-state index contributed by atoms with van der Waals surface area (Å²) in [6.07, 6.45) is 7.09. The van der Waals surface area contributed by atoms with Crippen LogP contribution in [0.3, 0.4) is 0 Å². The molecule has 0 bridgehead atoms. The van der Waals surface area contributed by atoms with Crippen molar-refractivity contribution >= 4 is 17.3 Å². The molecule has 20 heavy (non-hydrogen) atoms. The molecule has 0 aliphatic carbocycles. The Bertz CT molecular complexity index is 565. The number of nitrogens with zero attached hydrogens (tertiary/aromatic N) is 3. The van der Waals surface area contributed by atoms with Crippen LogP contribution in [0.5, 0.6) is 0 Å². The summed E-state index contributed by atoms with van der Waals surface area (Å²) >= 11 is 0. The van der Waals surface area contributed by atoms with Crippen LogP contribution >= 0.6 is 0 Å². The largest absolute Gasteiger partial charge is 0.396 e. The molecule has 0 atom stereocenters. The highest BCUT2D eigenvalue weighted by atomic mass is 16.2. The maximum absolute atomic E-state index is 8.93. The number of nitrogen functional groups attached to an aromatic ring is 1. The molecule has 110 valence electrons. The molecular formula is C13H22N6O. The van der Waals surface area contributed by atoms with E-state index in [0.717, 1.165) is 25.0 Å². The Balaban J connectivity index is 2.14. The summed E-state index contributed by atoms with van der Waals surface area (Å²) in [6, 6.07) is 0. The van der Waals surface area contributed by atoms with E-state index in [1.165, 1.54) is 0 Å². The molecule has 0 saturated carbocycles. The Morgan fingerprint density at radius 3 is 2.95 bits per heavy atom. The molecule has 5 N–H and O–H groups in total. The fraction of sp³-hybridized carbons (Fsp3) is 0.538. The van der Waals surface area contributed by atoms with Crippen LogP contribution in [0.4, 0.5) is 11.6 Å². The number of hydrogen-bond donors (Lipinski definition) is 4. The standard InChI is InChI=1S/C13H22N6O/c1-13(2,4-3-7-20)9-16-11-12-15-5-6-19(12)8-10(17-11)18-14/h5-6,8,18,20H,3-4,7,9,14H2,1-2H3,(H,16,17). The van der Waals surface area contributed by atoms with Crippen LogP contribution in [0.15, 0.2) is 18.6 Å². The summed E-state index contributed by atoms with van der Waals surface area (Å²) in [6.45, 7) is 5.28. The maximum atomic E-state index is 8.93. The average Bonchev–Trinajstić information content (AvgIpc) is 2.90. The first kappa shape index (κ1) is 14.5. The van der Waals surface area contributed by atoms with Gasteiger partial charge < -0.3 is 20.2 Å². The van der Waals surface area contributed by atoms with Gasteiger partial charge in [0.2, 0.25) is 0 Å². The number of hydrazine groups is 1.